The molecule has 3 N–H and O–H groups in total. The molecule has 0 saturated carbocycles. The van der Waals surface area contributed by atoms with Gasteiger partial charge in [0.05, 0.1) is 16.4 Å². The Balaban J connectivity index is 2.60. The van der Waals surface area contributed by atoms with Gasteiger partial charge in [0, 0.05) is 6.04 Å². The number of anilines is 2. The fraction of sp³-hybridized carbons (Fsp3) is 0.455. The summed E-state index contributed by atoms with van der Waals surface area (Å²) in [5.74, 6) is 1.15. The van der Waals surface area contributed by atoms with Gasteiger partial charge in [-0.15, -0.1) is 0 Å². The summed E-state index contributed by atoms with van der Waals surface area (Å²) in [5.41, 5.74) is 7.42. The first-order valence-corrected chi connectivity index (χ1v) is 6.71. The van der Waals surface area contributed by atoms with E-state index in [1.807, 2.05) is 23.9 Å². The summed E-state index contributed by atoms with van der Waals surface area (Å²) in [6, 6.07) is 6.08. The van der Waals surface area contributed by atoms with Gasteiger partial charge >= 0.3 is 0 Å². The summed E-state index contributed by atoms with van der Waals surface area (Å²) in [6.45, 7) is 2.15. The second-order valence-corrected chi connectivity index (χ2v) is 4.92. The highest BCUT2D eigenvalue weighted by molar-refractivity contribution is 7.98. The molecule has 0 aliphatic rings. The first-order valence-electron chi connectivity index (χ1n) is 4.94. The Labute approximate surface area is 101 Å². The molecule has 0 fully saturated rings. The molecular weight excluding hydrogens is 228 g/mol. The van der Waals surface area contributed by atoms with E-state index in [-0.39, 0.29) is 0 Å². The zero-order valence-electron chi connectivity index (χ0n) is 9.09. The third-order valence-electron chi connectivity index (χ3n) is 2.21. The number of hydrogen-bond acceptors (Lipinski definition) is 3. The van der Waals surface area contributed by atoms with E-state index in [2.05, 4.69) is 18.5 Å². The van der Waals surface area contributed by atoms with E-state index in [0.29, 0.717) is 16.8 Å². The number of halogens is 1. The lowest BCUT2D eigenvalue weighted by molar-refractivity contribution is 0.772. The molecule has 1 rings (SSSR count). The highest BCUT2D eigenvalue weighted by Crippen LogP contribution is 2.27. The zero-order valence-corrected chi connectivity index (χ0v) is 10.7. The average molecular weight is 245 g/mol. The lowest BCUT2D eigenvalue weighted by Crippen LogP contribution is -2.16. The Bertz CT molecular complexity index is 317. The number of para-hydroxylation sites is 1. The molecule has 1 aromatic rings. The van der Waals surface area contributed by atoms with Crippen LogP contribution in [0.25, 0.3) is 0 Å². The van der Waals surface area contributed by atoms with Crippen LogP contribution in [0.3, 0.4) is 0 Å². The number of hydrogen-bond donors (Lipinski definition) is 2. The van der Waals surface area contributed by atoms with Crippen molar-refractivity contribution in [2.24, 2.45) is 0 Å². The van der Waals surface area contributed by atoms with Crippen molar-refractivity contribution in [3.63, 3.8) is 0 Å². The molecule has 2 nitrogen and oxygen atoms in total. The van der Waals surface area contributed by atoms with Crippen molar-refractivity contribution >= 4 is 34.7 Å². The molecule has 1 aromatic carbocycles. The van der Waals surface area contributed by atoms with Crippen molar-refractivity contribution in [3.8, 4) is 0 Å². The minimum absolute atomic E-state index is 0.415. The van der Waals surface area contributed by atoms with Crippen LogP contribution in [-0.2, 0) is 0 Å². The summed E-state index contributed by atoms with van der Waals surface area (Å²) in [7, 11) is 0. The summed E-state index contributed by atoms with van der Waals surface area (Å²) in [5, 5.41) is 3.97. The Kier molecular flexibility index (Phi) is 5.12. The van der Waals surface area contributed by atoms with Crippen LogP contribution in [0.5, 0.6) is 0 Å². The molecule has 0 aliphatic heterocycles. The van der Waals surface area contributed by atoms with Crippen LogP contribution >= 0.6 is 23.4 Å². The third kappa shape index (κ3) is 3.84. The summed E-state index contributed by atoms with van der Waals surface area (Å²) in [4.78, 5) is 0. The Morgan fingerprint density at radius 2 is 2.27 bits per heavy atom. The minimum Gasteiger partial charge on any atom is -0.396 e. The normalized spacial score (nSPS) is 12.5. The molecule has 0 heterocycles. The Morgan fingerprint density at radius 1 is 1.53 bits per heavy atom. The molecule has 84 valence electrons. The number of nitrogens with one attached hydrogen (secondary N) is 1. The number of benzene rings is 1. The predicted octanol–water partition coefficient (Wildman–Crippen LogP) is 3.48. The van der Waals surface area contributed by atoms with E-state index >= 15 is 0 Å². The Hall–Kier alpha value is -0.540. The molecule has 0 aromatic heterocycles. The second-order valence-electron chi connectivity index (χ2n) is 3.53. The van der Waals surface area contributed by atoms with Gasteiger partial charge in [0.2, 0.25) is 0 Å². The highest BCUT2D eigenvalue weighted by atomic mass is 35.5. The molecule has 0 saturated heterocycles. The van der Waals surface area contributed by atoms with Crippen molar-refractivity contribution in [1.29, 1.82) is 0 Å². The van der Waals surface area contributed by atoms with Gasteiger partial charge < -0.3 is 11.1 Å². The van der Waals surface area contributed by atoms with Crippen LogP contribution in [0.2, 0.25) is 5.02 Å². The average Bonchev–Trinajstić information content (AvgIpc) is 2.22. The SMILES string of the molecule is CSCCC(C)Nc1cccc(Cl)c1N. The van der Waals surface area contributed by atoms with E-state index in [9.17, 15) is 0 Å². The topological polar surface area (TPSA) is 38.0 Å². The summed E-state index contributed by atoms with van der Waals surface area (Å²) < 4.78 is 0. The number of rotatable bonds is 5. The van der Waals surface area contributed by atoms with E-state index in [1.165, 1.54) is 0 Å². The van der Waals surface area contributed by atoms with Crippen LogP contribution in [-0.4, -0.2) is 18.1 Å². The van der Waals surface area contributed by atoms with Gasteiger partial charge in [-0.2, -0.15) is 11.8 Å². The number of thioether (sulfide) groups is 1. The lowest BCUT2D eigenvalue weighted by Gasteiger charge is -2.16. The Morgan fingerprint density at radius 3 is 2.93 bits per heavy atom. The maximum atomic E-state index is 5.93. The first kappa shape index (κ1) is 12.5. The molecule has 1 atom stereocenters. The fourth-order valence-electron chi connectivity index (χ4n) is 1.30. The number of nitrogens with two attached hydrogens (primary N) is 1. The quantitative estimate of drug-likeness (QED) is 0.779. The van der Waals surface area contributed by atoms with Gasteiger partial charge in [0.25, 0.3) is 0 Å². The van der Waals surface area contributed by atoms with Gasteiger partial charge in [-0.3, -0.25) is 0 Å². The monoisotopic (exact) mass is 244 g/mol. The van der Waals surface area contributed by atoms with Gasteiger partial charge in [-0.1, -0.05) is 17.7 Å². The number of nitrogen functional groups attached to an aromatic ring is 1. The van der Waals surface area contributed by atoms with Crippen molar-refractivity contribution in [2.75, 3.05) is 23.1 Å². The first-order chi connectivity index (χ1) is 7.15. The summed E-state index contributed by atoms with van der Waals surface area (Å²) in [6.07, 6.45) is 3.23. The summed E-state index contributed by atoms with van der Waals surface area (Å²) >= 11 is 7.78. The smallest absolute Gasteiger partial charge is 0.0739 e. The van der Waals surface area contributed by atoms with Gasteiger partial charge in [0.15, 0.2) is 0 Å². The minimum atomic E-state index is 0.415. The van der Waals surface area contributed by atoms with E-state index < -0.39 is 0 Å². The molecular formula is C11H17ClN2S. The molecule has 0 aliphatic carbocycles. The van der Waals surface area contributed by atoms with Crippen LogP contribution in [0.4, 0.5) is 11.4 Å². The van der Waals surface area contributed by atoms with Crippen LogP contribution in [0.1, 0.15) is 13.3 Å². The fourth-order valence-corrected chi connectivity index (χ4v) is 2.06. The van der Waals surface area contributed by atoms with E-state index in [0.717, 1.165) is 17.9 Å². The van der Waals surface area contributed by atoms with Crippen molar-refractivity contribution in [3.05, 3.63) is 23.2 Å². The van der Waals surface area contributed by atoms with Crippen LogP contribution in [0.15, 0.2) is 18.2 Å². The molecule has 0 spiro atoms. The zero-order chi connectivity index (χ0) is 11.3. The van der Waals surface area contributed by atoms with Gasteiger partial charge in [-0.05, 0) is 37.5 Å². The van der Waals surface area contributed by atoms with E-state index in [1.54, 1.807) is 6.07 Å². The largest absolute Gasteiger partial charge is 0.396 e. The highest BCUT2D eigenvalue weighted by Gasteiger charge is 2.06. The molecule has 4 heteroatoms. The molecule has 15 heavy (non-hydrogen) atoms. The van der Waals surface area contributed by atoms with Crippen molar-refractivity contribution < 1.29 is 0 Å². The third-order valence-corrected chi connectivity index (χ3v) is 3.18. The van der Waals surface area contributed by atoms with Crippen LogP contribution in [0, 0.1) is 0 Å². The maximum Gasteiger partial charge on any atom is 0.0739 e. The molecule has 0 bridgehead atoms. The van der Waals surface area contributed by atoms with Crippen molar-refractivity contribution in [2.45, 2.75) is 19.4 Å². The van der Waals surface area contributed by atoms with Crippen LogP contribution < -0.4 is 11.1 Å². The maximum absolute atomic E-state index is 5.93. The van der Waals surface area contributed by atoms with Gasteiger partial charge in [-0.25, -0.2) is 0 Å². The molecule has 0 amide bonds. The molecule has 0 radical (unpaired) electrons. The molecule has 1 unspecified atom stereocenters. The lowest BCUT2D eigenvalue weighted by atomic mass is 10.2. The van der Waals surface area contributed by atoms with E-state index in [4.69, 9.17) is 17.3 Å². The van der Waals surface area contributed by atoms with Gasteiger partial charge in [0.1, 0.15) is 0 Å². The van der Waals surface area contributed by atoms with Crippen molar-refractivity contribution in [1.82, 2.24) is 0 Å². The second kappa shape index (κ2) is 6.13. The standard InChI is InChI=1S/C11H17ClN2S/c1-8(6-7-15-2)14-10-5-3-4-9(12)11(10)13/h3-5,8,14H,6-7,13H2,1-2H3. The predicted molar refractivity (Wildman–Crippen MR) is 71.9 cm³/mol.